The van der Waals surface area contributed by atoms with E-state index in [9.17, 15) is 0 Å². The van der Waals surface area contributed by atoms with Crippen molar-refractivity contribution in [3.05, 3.63) is 34.3 Å². The van der Waals surface area contributed by atoms with E-state index in [0.717, 1.165) is 12.2 Å². The van der Waals surface area contributed by atoms with Gasteiger partial charge in [-0.25, -0.2) is 0 Å². The molecule has 4 nitrogen and oxygen atoms in total. The molecule has 1 unspecified atom stereocenters. The van der Waals surface area contributed by atoms with Gasteiger partial charge < -0.3 is 5.32 Å². The number of aryl methyl sites for hydroxylation is 1. The number of nitrogens with one attached hydrogen (secondary N) is 1. The van der Waals surface area contributed by atoms with Crippen molar-refractivity contribution >= 4 is 32.1 Å². The van der Waals surface area contributed by atoms with E-state index < -0.39 is 0 Å². The molecular weight excluding hydrogens is 264 g/mol. The Morgan fingerprint density at radius 3 is 3.00 bits per heavy atom. The van der Waals surface area contributed by atoms with E-state index in [0.29, 0.717) is 0 Å². The lowest BCUT2D eigenvalue weighted by Gasteiger charge is -2.15. The lowest BCUT2D eigenvalue weighted by Crippen LogP contribution is -2.23. The van der Waals surface area contributed by atoms with Gasteiger partial charge in [-0.2, -0.15) is 0 Å². The summed E-state index contributed by atoms with van der Waals surface area (Å²) >= 11 is 3.63. The lowest BCUT2D eigenvalue weighted by molar-refractivity contribution is 0.574. The molecule has 3 aromatic heterocycles. The Bertz CT molecular complexity index is 623. The standard InChI is InChI=1S/C12H14N4S2/c1-3-13-12(8-7-14-15-16(8)2)11-6-10-9(18-11)4-5-17-10/h4-7,12-13H,3H2,1-2H3. The molecule has 3 aromatic rings. The predicted molar refractivity (Wildman–Crippen MR) is 76.2 cm³/mol. The maximum atomic E-state index is 4.02. The number of aromatic nitrogens is 3. The Hall–Kier alpha value is -1.24. The number of fused-ring (bicyclic) bond motifs is 1. The normalized spacial score (nSPS) is 13.2. The molecule has 0 spiro atoms. The third-order valence-corrected chi connectivity index (χ3v) is 5.05. The average molecular weight is 278 g/mol. The molecule has 0 aliphatic heterocycles. The fourth-order valence-corrected chi connectivity index (χ4v) is 4.25. The van der Waals surface area contributed by atoms with Gasteiger partial charge in [0, 0.05) is 21.3 Å². The second-order valence-corrected chi connectivity index (χ2v) is 6.13. The SMILES string of the molecule is CCNC(c1cc2sccc2s1)c1cnnn1C. The summed E-state index contributed by atoms with van der Waals surface area (Å²) in [6.45, 7) is 3.04. The minimum atomic E-state index is 0.180. The number of hydrogen-bond donors (Lipinski definition) is 1. The summed E-state index contributed by atoms with van der Waals surface area (Å²) in [5.41, 5.74) is 1.10. The lowest BCUT2D eigenvalue weighted by atomic mass is 10.2. The summed E-state index contributed by atoms with van der Waals surface area (Å²) in [5, 5.41) is 13.6. The summed E-state index contributed by atoms with van der Waals surface area (Å²) in [7, 11) is 1.93. The van der Waals surface area contributed by atoms with E-state index >= 15 is 0 Å². The van der Waals surface area contributed by atoms with Gasteiger partial charge in [0.1, 0.15) is 0 Å². The molecular formula is C12H14N4S2. The van der Waals surface area contributed by atoms with E-state index in [4.69, 9.17) is 0 Å². The molecule has 3 rings (SSSR count). The van der Waals surface area contributed by atoms with Crippen LogP contribution in [0.25, 0.3) is 9.40 Å². The van der Waals surface area contributed by atoms with Gasteiger partial charge in [-0.3, -0.25) is 4.68 Å². The molecule has 0 saturated carbocycles. The highest BCUT2D eigenvalue weighted by molar-refractivity contribution is 7.27. The van der Waals surface area contributed by atoms with Gasteiger partial charge in [0.05, 0.1) is 17.9 Å². The second kappa shape index (κ2) is 4.79. The first-order valence-corrected chi connectivity index (χ1v) is 7.54. The van der Waals surface area contributed by atoms with Crippen LogP contribution >= 0.6 is 22.7 Å². The highest BCUT2D eigenvalue weighted by Crippen LogP contribution is 2.35. The number of rotatable bonds is 4. The zero-order chi connectivity index (χ0) is 12.5. The van der Waals surface area contributed by atoms with Gasteiger partial charge in [-0.05, 0) is 24.1 Å². The van der Waals surface area contributed by atoms with Crippen molar-refractivity contribution < 1.29 is 0 Å². The fourth-order valence-electron chi connectivity index (χ4n) is 2.04. The molecule has 1 atom stereocenters. The summed E-state index contributed by atoms with van der Waals surface area (Å²) < 4.78 is 4.54. The Labute approximate surface area is 113 Å². The monoisotopic (exact) mass is 278 g/mol. The maximum Gasteiger partial charge on any atom is 0.0858 e. The molecule has 0 saturated heterocycles. The molecule has 0 radical (unpaired) electrons. The van der Waals surface area contributed by atoms with Gasteiger partial charge in [0.15, 0.2) is 0 Å². The second-order valence-electron chi connectivity index (χ2n) is 4.07. The molecule has 6 heteroatoms. The summed E-state index contributed by atoms with van der Waals surface area (Å²) in [6.07, 6.45) is 1.83. The van der Waals surface area contributed by atoms with Gasteiger partial charge in [0.25, 0.3) is 0 Å². The van der Waals surface area contributed by atoms with Crippen LogP contribution in [0.15, 0.2) is 23.7 Å². The zero-order valence-electron chi connectivity index (χ0n) is 10.3. The van der Waals surface area contributed by atoms with Crippen LogP contribution < -0.4 is 5.32 Å². The van der Waals surface area contributed by atoms with Crippen LogP contribution in [0.4, 0.5) is 0 Å². The van der Waals surface area contributed by atoms with Crippen molar-refractivity contribution in [1.82, 2.24) is 20.3 Å². The van der Waals surface area contributed by atoms with Crippen LogP contribution in [-0.4, -0.2) is 21.5 Å². The summed E-state index contributed by atoms with van der Waals surface area (Å²) in [4.78, 5) is 1.32. The van der Waals surface area contributed by atoms with E-state index in [1.54, 1.807) is 11.3 Å². The van der Waals surface area contributed by atoms with E-state index in [-0.39, 0.29) is 6.04 Å². The van der Waals surface area contributed by atoms with Crippen molar-refractivity contribution in [2.45, 2.75) is 13.0 Å². The molecule has 0 aliphatic carbocycles. The van der Waals surface area contributed by atoms with E-state index in [2.05, 4.69) is 40.1 Å². The highest BCUT2D eigenvalue weighted by atomic mass is 32.1. The molecule has 0 aliphatic rings. The van der Waals surface area contributed by atoms with Gasteiger partial charge >= 0.3 is 0 Å². The molecule has 0 bridgehead atoms. The quantitative estimate of drug-likeness (QED) is 0.798. The molecule has 94 valence electrons. The first kappa shape index (κ1) is 11.8. The first-order chi connectivity index (χ1) is 8.79. The van der Waals surface area contributed by atoms with Crippen molar-refractivity contribution in [2.24, 2.45) is 7.05 Å². The smallest absolute Gasteiger partial charge is 0.0858 e. The van der Waals surface area contributed by atoms with E-state index in [1.807, 2.05) is 29.3 Å². The topological polar surface area (TPSA) is 42.7 Å². The number of nitrogens with zero attached hydrogens (tertiary/aromatic N) is 3. The summed E-state index contributed by atoms with van der Waals surface area (Å²) in [5.74, 6) is 0. The van der Waals surface area contributed by atoms with Crippen LogP contribution in [0.3, 0.4) is 0 Å². The largest absolute Gasteiger partial charge is 0.305 e. The molecule has 18 heavy (non-hydrogen) atoms. The Kier molecular flexibility index (Phi) is 3.15. The van der Waals surface area contributed by atoms with E-state index in [1.165, 1.54) is 14.3 Å². The van der Waals surface area contributed by atoms with Gasteiger partial charge in [-0.15, -0.1) is 27.8 Å². The highest BCUT2D eigenvalue weighted by Gasteiger charge is 2.19. The third kappa shape index (κ3) is 1.96. The Morgan fingerprint density at radius 1 is 1.44 bits per heavy atom. The Morgan fingerprint density at radius 2 is 2.33 bits per heavy atom. The predicted octanol–water partition coefficient (Wildman–Crippen LogP) is 2.79. The first-order valence-electron chi connectivity index (χ1n) is 5.84. The van der Waals surface area contributed by atoms with Crippen LogP contribution in [0.2, 0.25) is 0 Å². The maximum absolute atomic E-state index is 4.02. The molecule has 3 heterocycles. The molecule has 0 fully saturated rings. The van der Waals surface area contributed by atoms with Crippen LogP contribution in [0, 0.1) is 0 Å². The van der Waals surface area contributed by atoms with Crippen LogP contribution in [-0.2, 0) is 7.05 Å². The van der Waals surface area contributed by atoms with Crippen LogP contribution in [0.1, 0.15) is 23.5 Å². The van der Waals surface area contributed by atoms with Crippen molar-refractivity contribution in [3.63, 3.8) is 0 Å². The minimum Gasteiger partial charge on any atom is -0.305 e. The van der Waals surface area contributed by atoms with Gasteiger partial charge in [0.2, 0.25) is 0 Å². The Balaban J connectivity index is 2.04. The van der Waals surface area contributed by atoms with Crippen molar-refractivity contribution in [3.8, 4) is 0 Å². The molecule has 1 N–H and O–H groups in total. The van der Waals surface area contributed by atoms with Crippen molar-refractivity contribution in [1.29, 1.82) is 0 Å². The zero-order valence-corrected chi connectivity index (χ0v) is 11.9. The van der Waals surface area contributed by atoms with Crippen LogP contribution in [0.5, 0.6) is 0 Å². The molecule has 0 aromatic carbocycles. The fraction of sp³-hybridized carbons (Fsp3) is 0.333. The van der Waals surface area contributed by atoms with Gasteiger partial charge in [-0.1, -0.05) is 12.1 Å². The number of hydrogen-bond acceptors (Lipinski definition) is 5. The van der Waals surface area contributed by atoms with Crippen molar-refractivity contribution in [2.75, 3.05) is 6.54 Å². The third-order valence-electron chi connectivity index (χ3n) is 2.90. The minimum absolute atomic E-state index is 0.180. The number of thiophene rings is 2. The summed E-state index contributed by atoms with van der Waals surface area (Å²) in [6, 6.07) is 4.63. The average Bonchev–Trinajstić information content (AvgIpc) is 3.00. The molecule has 0 amide bonds.